The molecule has 3 rings (SSSR count). The van der Waals surface area contributed by atoms with E-state index in [1.165, 1.54) is 18.5 Å². The zero-order valence-corrected chi connectivity index (χ0v) is 17.8. The molecule has 1 aliphatic rings. The van der Waals surface area contributed by atoms with E-state index in [0.29, 0.717) is 18.1 Å². The van der Waals surface area contributed by atoms with Gasteiger partial charge in [-0.3, -0.25) is 10.2 Å². The molecule has 1 aliphatic carbocycles. The summed E-state index contributed by atoms with van der Waals surface area (Å²) in [6, 6.07) is 8.08. The van der Waals surface area contributed by atoms with Crippen LogP contribution in [0.4, 0.5) is 0 Å². The lowest BCUT2D eigenvalue weighted by atomic mass is 9.88. The molecule has 5 nitrogen and oxygen atoms in total. The van der Waals surface area contributed by atoms with Gasteiger partial charge in [-0.1, -0.05) is 44.7 Å². The number of carbonyl (C=O) groups is 1. The Labute approximate surface area is 173 Å². The molecule has 1 aromatic heterocycles. The summed E-state index contributed by atoms with van der Waals surface area (Å²) < 4.78 is 2.26. The van der Waals surface area contributed by atoms with Gasteiger partial charge < -0.3 is 15.7 Å². The zero-order chi connectivity index (χ0) is 21.0. The Hall–Kier alpha value is -2.43. The number of nitrogens with zero attached hydrogens (tertiary/aromatic N) is 1. The molecular weight excluding hydrogens is 360 g/mol. The van der Waals surface area contributed by atoms with Crippen molar-refractivity contribution < 1.29 is 4.79 Å². The highest BCUT2D eigenvalue weighted by atomic mass is 16.1. The van der Waals surface area contributed by atoms with Crippen LogP contribution in [0.1, 0.15) is 70.1 Å². The van der Waals surface area contributed by atoms with Gasteiger partial charge in [-0.2, -0.15) is 0 Å². The number of hydrogen-bond acceptors (Lipinski definition) is 3. The van der Waals surface area contributed by atoms with Gasteiger partial charge in [-0.25, -0.2) is 0 Å². The summed E-state index contributed by atoms with van der Waals surface area (Å²) in [4.78, 5) is 12.6. The van der Waals surface area contributed by atoms with E-state index in [0.717, 1.165) is 55.1 Å². The zero-order valence-electron chi connectivity index (χ0n) is 17.8. The van der Waals surface area contributed by atoms with Crippen molar-refractivity contribution in [3.63, 3.8) is 0 Å². The maximum atomic E-state index is 12.6. The fourth-order valence-electron chi connectivity index (χ4n) is 4.75. The highest BCUT2D eigenvalue weighted by Crippen LogP contribution is 2.29. The van der Waals surface area contributed by atoms with Gasteiger partial charge in [-0.15, -0.1) is 0 Å². The van der Waals surface area contributed by atoms with Crippen LogP contribution in [0.5, 0.6) is 0 Å². The molecule has 0 aliphatic heterocycles. The lowest BCUT2D eigenvalue weighted by molar-refractivity contribution is -0.114. The van der Waals surface area contributed by atoms with Gasteiger partial charge >= 0.3 is 0 Å². The van der Waals surface area contributed by atoms with Crippen LogP contribution in [-0.2, 0) is 17.8 Å². The molecule has 0 spiro atoms. The highest BCUT2D eigenvalue weighted by molar-refractivity contribution is 6.39. The summed E-state index contributed by atoms with van der Waals surface area (Å²) in [7, 11) is 0. The topological polar surface area (TPSA) is 95.7 Å². The fraction of sp³-hybridized carbons (Fsp3) is 0.542. The van der Waals surface area contributed by atoms with Gasteiger partial charge in [-0.05, 0) is 49.6 Å². The van der Waals surface area contributed by atoms with Gasteiger partial charge in [0.15, 0.2) is 5.78 Å². The SMILES string of the molecule is CC[C@@H](CCc1cc2ccc(C(=N)N)cc2n1CC)C(=N)C(=O)CC1CCCC1. The number of ketones is 1. The van der Waals surface area contributed by atoms with E-state index in [2.05, 4.69) is 24.5 Å². The first-order valence-electron chi connectivity index (χ1n) is 11.0. The maximum absolute atomic E-state index is 12.6. The van der Waals surface area contributed by atoms with Crippen LogP contribution < -0.4 is 5.73 Å². The minimum Gasteiger partial charge on any atom is -0.384 e. The van der Waals surface area contributed by atoms with Crippen molar-refractivity contribution in [3.05, 3.63) is 35.5 Å². The smallest absolute Gasteiger partial charge is 0.176 e. The normalized spacial score (nSPS) is 15.7. The third-order valence-corrected chi connectivity index (χ3v) is 6.52. The van der Waals surface area contributed by atoms with Gasteiger partial charge in [0.05, 0.1) is 5.71 Å². The van der Waals surface area contributed by atoms with E-state index in [1.807, 2.05) is 18.2 Å². The number of nitrogen functional groups attached to an aromatic ring is 1. The van der Waals surface area contributed by atoms with Crippen molar-refractivity contribution >= 4 is 28.2 Å². The van der Waals surface area contributed by atoms with Gasteiger partial charge in [0.25, 0.3) is 0 Å². The molecule has 0 bridgehead atoms. The van der Waals surface area contributed by atoms with E-state index in [4.69, 9.17) is 16.6 Å². The number of benzene rings is 1. The van der Waals surface area contributed by atoms with Crippen molar-refractivity contribution in [2.45, 2.75) is 71.8 Å². The number of rotatable bonds is 10. The molecule has 1 atom stereocenters. The Morgan fingerprint density at radius 3 is 2.55 bits per heavy atom. The summed E-state index contributed by atoms with van der Waals surface area (Å²) in [5, 5.41) is 17.3. The van der Waals surface area contributed by atoms with Crippen molar-refractivity contribution in [2.24, 2.45) is 17.6 Å². The van der Waals surface area contributed by atoms with E-state index < -0.39 is 0 Å². The molecule has 5 heteroatoms. The Bertz CT molecular complexity index is 905. The second-order valence-corrected chi connectivity index (χ2v) is 8.40. The number of fused-ring (bicyclic) bond motifs is 1. The minimum atomic E-state index is 0.0278. The molecule has 1 aromatic carbocycles. The third-order valence-electron chi connectivity index (χ3n) is 6.52. The maximum Gasteiger partial charge on any atom is 0.176 e. The molecule has 0 unspecified atom stereocenters. The van der Waals surface area contributed by atoms with E-state index >= 15 is 0 Å². The van der Waals surface area contributed by atoms with Crippen molar-refractivity contribution in [1.29, 1.82) is 10.8 Å². The lowest BCUT2D eigenvalue weighted by Crippen LogP contribution is -2.25. The largest absolute Gasteiger partial charge is 0.384 e. The molecule has 1 fully saturated rings. The van der Waals surface area contributed by atoms with Crippen LogP contribution in [0.15, 0.2) is 24.3 Å². The van der Waals surface area contributed by atoms with Crippen LogP contribution in [0, 0.1) is 22.7 Å². The Morgan fingerprint density at radius 2 is 1.93 bits per heavy atom. The lowest BCUT2D eigenvalue weighted by Gasteiger charge is -2.17. The first kappa shape index (κ1) is 21.3. The predicted molar refractivity (Wildman–Crippen MR) is 120 cm³/mol. The summed E-state index contributed by atoms with van der Waals surface area (Å²) in [5.74, 6) is 0.668. The number of aromatic nitrogens is 1. The number of aryl methyl sites for hydroxylation is 2. The van der Waals surface area contributed by atoms with Gasteiger partial charge in [0.2, 0.25) is 0 Å². The summed E-state index contributed by atoms with van der Waals surface area (Å²) in [6.45, 7) is 5.04. The standard InChI is InChI=1S/C24H34N4O/c1-3-17(23(25)22(29)13-16-7-5-6-8-16)11-12-20-14-18-9-10-19(24(26)27)15-21(18)28(20)4-2/h9-10,14-17,25H,3-8,11-13H2,1-2H3,(H3,26,27)/t17-/m0/s1. The second-order valence-electron chi connectivity index (χ2n) is 8.40. The van der Waals surface area contributed by atoms with Crippen LogP contribution in [0.3, 0.4) is 0 Å². The van der Waals surface area contributed by atoms with Gasteiger partial charge in [0.1, 0.15) is 5.84 Å². The number of nitrogens with one attached hydrogen (secondary N) is 2. The molecule has 0 radical (unpaired) electrons. The molecule has 0 saturated heterocycles. The van der Waals surface area contributed by atoms with Crippen LogP contribution in [0.2, 0.25) is 0 Å². The average molecular weight is 395 g/mol. The number of Topliss-reactive ketones (excluding diaryl/α,β-unsaturated/α-hetero) is 1. The molecule has 4 N–H and O–H groups in total. The van der Waals surface area contributed by atoms with Crippen molar-refractivity contribution in [3.8, 4) is 0 Å². The molecule has 2 aromatic rings. The minimum absolute atomic E-state index is 0.0278. The highest BCUT2D eigenvalue weighted by Gasteiger charge is 2.25. The summed E-state index contributed by atoms with van der Waals surface area (Å²) in [5.41, 5.74) is 9.04. The number of nitrogens with two attached hydrogens (primary N) is 1. The molecule has 1 saturated carbocycles. The third kappa shape index (κ3) is 4.77. The molecule has 0 amide bonds. The first-order valence-corrected chi connectivity index (χ1v) is 11.0. The molecule has 1 heterocycles. The molecule has 156 valence electrons. The summed E-state index contributed by atoms with van der Waals surface area (Å²) in [6.07, 6.45) is 7.82. The fourth-order valence-corrected chi connectivity index (χ4v) is 4.75. The Kier molecular flexibility index (Phi) is 6.88. The number of amidine groups is 1. The summed E-state index contributed by atoms with van der Waals surface area (Å²) >= 11 is 0. The van der Waals surface area contributed by atoms with E-state index in [-0.39, 0.29) is 17.5 Å². The Balaban J connectivity index is 1.71. The van der Waals surface area contributed by atoms with E-state index in [1.54, 1.807) is 0 Å². The molecular formula is C24H34N4O. The monoisotopic (exact) mass is 394 g/mol. The number of carbonyl (C=O) groups excluding carboxylic acids is 1. The Morgan fingerprint density at radius 1 is 1.21 bits per heavy atom. The first-order chi connectivity index (χ1) is 13.9. The van der Waals surface area contributed by atoms with Crippen LogP contribution >= 0.6 is 0 Å². The van der Waals surface area contributed by atoms with Crippen LogP contribution in [0.25, 0.3) is 10.9 Å². The average Bonchev–Trinajstić information content (AvgIpc) is 3.34. The predicted octanol–water partition coefficient (Wildman–Crippen LogP) is 5.07. The van der Waals surface area contributed by atoms with Crippen LogP contribution in [-0.4, -0.2) is 21.9 Å². The van der Waals surface area contributed by atoms with E-state index in [9.17, 15) is 4.79 Å². The van der Waals surface area contributed by atoms with Crippen molar-refractivity contribution in [1.82, 2.24) is 4.57 Å². The van der Waals surface area contributed by atoms with Crippen molar-refractivity contribution in [2.75, 3.05) is 0 Å². The second kappa shape index (κ2) is 9.38. The van der Waals surface area contributed by atoms with Gasteiger partial charge in [0, 0.05) is 35.7 Å². The molecule has 29 heavy (non-hydrogen) atoms. The quantitative estimate of drug-likeness (QED) is 0.387. The number of hydrogen-bond donors (Lipinski definition) is 3.